The maximum atomic E-state index is 11.3. The molecule has 1 aromatic carbocycles. The first-order valence-electron chi connectivity index (χ1n) is 5.65. The maximum absolute atomic E-state index is 11.3. The van der Waals surface area contributed by atoms with Gasteiger partial charge in [-0.1, -0.05) is 17.7 Å². The third-order valence-corrected chi connectivity index (χ3v) is 3.36. The summed E-state index contributed by atoms with van der Waals surface area (Å²) in [5.74, 6) is 0.163. The summed E-state index contributed by atoms with van der Waals surface area (Å²) >= 11 is 6.05. The van der Waals surface area contributed by atoms with E-state index in [0.717, 1.165) is 11.8 Å². The van der Waals surface area contributed by atoms with Gasteiger partial charge in [-0.25, -0.2) is 8.42 Å². The Balaban J connectivity index is 2.47. The quantitative estimate of drug-likeness (QED) is 0.869. The van der Waals surface area contributed by atoms with E-state index in [2.05, 4.69) is 0 Å². The molecule has 0 saturated heterocycles. The minimum atomic E-state index is -3.48. The van der Waals surface area contributed by atoms with Gasteiger partial charge in [-0.05, 0) is 30.5 Å². The molecule has 0 unspecified atom stereocenters. The van der Waals surface area contributed by atoms with Crippen LogP contribution in [0.5, 0.6) is 5.75 Å². The number of hydrogen-bond acceptors (Lipinski definition) is 4. The lowest BCUT2D eigenvalue weighted by Crippen LogP contribution is -2.29. The van der Waals surface area contributed by atoms with E-state index >= 15 is 0 Å². The zero-order chi connectivity index (χ0) is 14.5. The Bertz CT molecular complexity index is 557. The zero-order valence-corrected chi connectivity index (χ0v) is 12.3. The lowest BCUT2D eigenvalue weighted by molar-refractivity contribution is -0.119. The van der Waals surface area contributed by atoms with Crippen molar-refractivity contribution in [1.82, 2.24) is 4.72 Å². The van der Waals surface area contributed by atoms with Gasteiger partial charge in [0.1, 0.15) is 5.75 Å². The van der Waals surface area contributed by atoms with Crippen LogP contribution in [0.2, 0.25) is 5.02 Å². The average molecular weight is 306 g/mol. The topological polar surface area (TPSA) is 72.5 Å². The fraction of sp³-hybridized carbons (Fsp3) is 0.417. The van der Waals surface area contributed by atoms with Crippen molar-refractivity contribution in [1.29, 1.82) is 0 Å². The Hall–Kier alpha value is -1.27. The van der Waals surface area contributed by atoms with E-state index in [1.54, 1.807) is 19.2 Å². The highest BCUT2D eigenvalue weighted by Gasteiger charge is 2.09. The second-order valence-electron chi connectivity index (χ2n) is 4.11. The summed E-state index contributed by atoms with van der Waals surface area (Å²) in [6.45, 7) is 0. The number of benzene rings is 1. The van der Waals surface area contributed by atoms with Crippen LogP contribution in [0.15, 0.2) is 18.2 Å². The maximum Gasteiger partial charge on any atom is 0.233 e. The number of carbonyl (C=O) groups is 1. The molecule has 5 nitrogen and oxygen atoms in total. The molecule has 1 amide bonds. The number of ether oxygens (including phenoxy) is 1. The summed E-state index contributed by atoms with van der Waals surface area (Å²) in [5.41, 5.74) is 0.898. The van der Waals surface area contributed by atoms with Crippen molar-refractivity contribution in [3.8, 4) is 5.75 Å². The van der Waals surface area contributed by atoms with E-state index < -0.39 is 15.9 Å². The number of carbonyl (C=O) groups excluding carboxylic acids is 1. The zero-order valence-electron chi connectivity index (χ0n) is 10.8. The van der Waals surface area contributed by atoms with Crippen molar-refractivity contribution < 1.29 is 17.9 Å². The smallest absolute Gasteiger partial charge is 0.233 e. The number of amides is 1. The van der Waals surface area contributed by atoms with Gasteiger partial charge < -0.3 is 4.74 Å². The summed E-state index contributed by atoms with van der Waals surface area (Å²) in [4.78, 5) is 11.3. The van der Waals surface area contributed by atoms with Gasteiger partial charge in [0.25, 0.3) is 0 Å². The normalized spacial score (nSPS) is 11.1. The minimum Gasteiger partial charge on any atom is -0.497 e. The summed E-state index contributed by atoms with van der Waals surface area (Å²) < 4.78 is 28.6. The van der Waals surface area contributed by atoms with Crippen LogP contribution in [0.25, 0.3) is 0 Å². The van der Waals surface area contributed by atoms with Crippen LogP contribution in [0.1, 0.15) is 18.4 Å². The molecule has 0 heterocycles. The molecule has 7 heteroatoms. The van der Waals surface area contributed by atoms with Gasteiger partial charge in [0.05, 0.1) is 13.4 Å². The van der Waals surface area contributed by atoms with E-state index in [4.69, 9.17) is 16.3 Å². The first-order valence-corrected chi connectivity index (χ1v) is 7.92. The lowest BCUT2D eigenvalue weighted by Gasteiger charge is -2.06. The van der Waals surface area contributed by atoms with Crippen LogP contribution >= 0.6 is 11.6 Å². The Kier molecular flexibility index (Phi) is 5.62. The Morgan fingerprint density at radius 3 is 2.63 bits per heavy atom. The summed E-state index contributed by atoms with van der Waals surface area (Å²) in [5, 5.41) is 0.572. The molecule has 0 aromatic heterocycles. The Morgan fingerprint density at radius 1 is 1.42 bits per heavy atom. The van der Waals surface area contributed by atoms with E-state index in [0.29, 0.717) is 23.6 Å². The number of aryl methyl sites for hydroxylation is 1. The van der Waals surface area contributed by atoms with Gasteiger partial charge in [0.15, 0.2) is 0 Å². The van der Waals surface area contributed by atoms with Gasteiger partial charge in [-0.15, -0.1) is 0 Å². The molecule has 106 valence electrons. The largest absolute Gasteiger partial charge is 0.497 e. The van der Waals surface area contributed by atoms with Gasteiger partial charge in [0.2, 0.25) is 15.9 Å². The molecule has 1 N–H and O–H groups in total. The highest BCUT2D eigenvalue weighted by atomic mass is 35.5. The van der Waals surface area contributed by atoms with Gasteiger partial charge in [0, 0.05) is 11.4 Å². The van der Waals surface area contributed by atoms with E-state index in [1.807, 2.05) is 10.8 Å². The second kappa shape index (κ2) is 6.77. The molecule has 0 saturated carbocycles. The molecule has 1 rings (SSSR count). The second-order valence-corrected chi connectivity index (χ2v) is 6.26. The summed E-state index contributed by atoms with van der Waals surface area (Å²) in [6, 6.07) is 5.32. The van der Waals surface area contributed by atoms with Crippen LogP contribution in [-0.2, 0) is 21.2 Å². The van der Waals surface area contributed by atoms with Crippen molar-refractivity contribution in [2.75, 3.05) is 13.4 Å². The molecule has 0 bridgehead atoms. The molecule has 0 atom stereocenters. The number of methoxy groups -OCH3 is 1. The first-order chi connectivity index (χ1) is 8.81. The molecular formula is C12H16ClNO4S. The first kappa shape index (κ1) is 15.8. The highest BCUT2D eigenvalue weighted by molar-refractivity contribution is 7.89. The standard InChI is InChI=1S/C12H16ClNO4S/c1-18-10-7-6-9(11(13)8-10)4-3-5-12(15)14-19(2,16)17/h6-8H,3-5H2,1-2H3,(H,14,15). The van der Waals surface area contributed by atoms with E-state index in [-0.39, 0.29) is 6.42 Å². The number of hydrogen-bond donors (Lipinski definition) is 1. The number of nitrogens with one attached hydrogen (secondary N) is 1. The molecule has 0 spiro atoms. The van der Waals surface area contributed by atoms with Crippen LogP contribution in [0.3, 0.4) is 0 Å². The summed E-state index contributed by atoms with van der Waals surface area (Å²) in [6.07, 6.45) is 2.20. The van der Waals surface area contributed by atoms with Crippen molar-refractivity contribution in [3.05, 3.63) is 28.8 Å². The molecule has 0 radical (unpaired) electrons. The third kappa shape index (κ3) is 5.94. The number of halogens is 1. The van der Waals surface area contributed by atoms with Crippen LogP contribution in [-0.4, -0.2) is 27.7 Å². The van der Waals surface area contributed by atoms with Gasteiger partial charge in [-0.3, -0.25) is 9.52 Å². The molecule has 0 fully saturated rings. The van der Waals surface area contributed by atoms with Crippen molar-refractivity contribution in [2.24, 2.45) is 0 Å². The van der Waals surface area contributed by atoms with Crippen molar-refractivity contribution in [3.63, 3.8) is 0 Å². The fourth-order valence-corrected chi connectivity index (χ4v) is 2.34. The van der Waals surface area contributed by atoms with E-state index in [9.17, 15) is 13.2 Å². The van der Waals surface area contributed by atoms with Gasteiger partial charge >= 0.3 is 0 Å². The SMILES string of the molecule is COc1ccc(CCCC(=O)NS(C)(=O)=O)c(Cl)c1. The number of sulfonamides is 1. The Labute approximate surface area is 118 Å². The van der Waals surface area contributed by atoms with Crippen LogP contribution < -0.4 is 9.46 Å². The van der Waals surface area contributed by atoms with Crippen LogP contribution in [0.4, 0.5) is 0 Å². The highest BCUT2D eigenvalue weighted by Crippen LogP contribution is 2.23. The summed E-state index contributed by atoms with van der Waals surface area (Å²) in [7, 11) is -1.92. The third-order valence-electron chi connectivity index (χ3n) is 2.41. The average Bonchev–Trinajstić information content (AvgIpc) is 2.28. The molecule has 0 aliphatic heterocycles. The lowest BCUT2D eigenvalue weighted by atomic mass is 10.1. The Morgan fingerprint density at radius 2 is 2.11 bits per heavy atom. The molecule has 19 heavy (non-hydrogen) atoms. The monoisotopic (exact) mass is 305 g/mol. The van der Waals surface area contributed by atoms with Crippen molar-refractivity contribution >= 4 is 27.5 Å². The predicted molar refractivity (Wildman–Crippen MR) is 73.9 cm³/mol. The molecule has 0 aliphatic carbocycles. The minimum absolute atomic E-state index is 0.134. The predicted octanol–water partition coefficient (Wildman–Crippen LogP) is 1.75. The van der Waals surface area contributed by atoms with Crippen LogP contribution in [0, 0.1) is 0 Å². The molecule has 1 aromatic rings. The number of rotatable bonds is 6. The molecular weight excluding hydrogens is 290 g/mol. The molecule has 0 aliphatic rings. The van der Waals surface area contributed by atoms with Gasteiger partial charge in [-0.2, -0.15) is 0 Å². The fourth-order valence-electron chi connectivity index (χ4n) is 1.55. The van der Waals surface area contributed by atoms with E-state index in [1.165, 1.54) is 0 Å². The van der Waals surface area contributed by atoms with Crippen molar-refractivity contribution in [2.45, 2.75) is 19.3 Å².